The number of hydrogen-bond acceptors (Lipinski definition) is 2. The Morgan fingerprint density at radius 1 is 1.31 bits per heavy atom. The van der Waals surface area contributed by atoms with Gasteiger partial charge in [-0.1, -0.05) is 12.1 Å². The average Bonchev–Trinajstić information content (AvgIpc) is 2.66. The fourth-order valence-electron chi connectivity index (χ4n) is 1.77. The van der Waals surface area contributed by atoms with E-state index in [0.717, 1.165) is 17.9 Å². The summed E-state index contributed by atoms with van der Waals surface area (Å²) in [6.07, 6.45) is -3.84. The van der Waals surface area contributed by atoms with Crippen LogP contribution in [0.3, 0.4) is 0 Å². The molecule has 0 spiro atoms. The van der Waals surface area contributed by atoms with Crippen molar-refractivity contribution in [1.29, 1.82) is 0 Å². The molecule has 1 aromatic carbocycles. The maximum absolute atomic E-state index is 12.5. The van der Waals surface area contributed by atoms with Crippen molar-refractivity contribution >= 4 is 11.8 Å². The van der Waals surface area contributed by atoms with E-state index in [9.17, 15) is 18.3 Å². The number of halogens is 3. The van der Waals surface area contributed by atoms with E-state index < -0.39 is 17.3 Å². The standard InChI is InChI=1S/C11H11F3OS/c12-11(13,14)9-3-1-2-8(6-9)10(15)4-5-16-7-10/h1-3,6,15H,4-5,7H2. The fourth-order valence-corrected chi connectivity index (χ4v) is 3.04. The Morgan fingerprint density at radius 3 is 2.62 bits per heavy atom. The van der Waals surface area contributed by atoms with Crippen LogP contribution in [0.1, 0.15) is 17.5 Å². The second-order valence-electron chi connectivity index (χ2n) is 3.91. The summed E-state index contributed by atoms with van der Waals surface area (Å²) in [6.45, 7) is 0. The van der Waals surface area contributed by atoms with Crippen LogP contribution in [0, 0.1) is 0 Å². The highest BCUT2D eigenvalue weighted by atomic mass is 32.2. The molecule has 1 aromatic rings. The van der Waals surface area contributed by atoms with Gasteiger partial charge in [0.25, 0.3) is 0 Å². The maximum Gasteiger partial charge on any atom is 0.416 e. The lowest BCUT2D eigenvalue weighted by Gasteiger charge is -2.22. The maximum atomic E-state index is 12.5. The highest BCUT2D eigenvalue weighted by Crippen LogP contribution is 2.38. The summed E-state index contributed by atoms with van der Waals surface area (Å²) in [7, 11) is 0. The van der Waals surface area contributed by atoms with Crippen LogP contribution in [-0.2, 0) is 11.8 Å². The van der Waals surface area contributed by atoms with Gasteiger partial charge >= 0.3 is 6.18 Å². The Morgan fingerprint density at radius 2 is 2.06 bits per heavy atom. The molecule has 1 unspecified atom stereocenters. The van der Waals surface area contributed by atoms with Crippen LogP contribution in [0.15, 0.2) is 24.3 Å². The Balaban J connectivity index is 2.36. The molecule has 1 aliphatic heterocycles. The number of thioether (sulfide) groups is 1. The molecule has 1 aliphatic rings. The summed E-state index contributed by atoms with van der Waals surface area (Å²) >= 11 is 1.56. The third kappa shape index (κ3) is 2.20. The second-order valence-corrected chi connectivity index (χ2v) is 5.02. The molecule has 1 saturated heterocycles. The molecule has 2 rings (SSSR count). The van der Waals surface area contributed by atoms with Crippen molar-refractivity contribution in [2.24, 2.45) is 0 Å². The molecule has 1 atom stereocenters. The summed E-state index contributed by atoms with van der Waals surface area (Å²) in [6, 6.07) is 4.97. The van der Waals surface area contributed by atoms with E-state index in [-0.39, 0.29) is 0 Å². The molecule has 0 aliphatic carbocycles. The summed E-state index contributed by atoms with van der Waals surface area (Å²) < 4.78 is 37.5. The van der Waals surface area contributed by atoms with Crippen LogP contribution in [0.5, 0.6) is 0 Å². The minimum atomic E-state index is -4.35. The Labute approximate surface area is 95.7 Å². The topological polar surface area (TPSA) is 20.2 Å². The van der Waals surface area contributed by atoms with Gasteiger partial charge in [-0.2, -0.15) is 24.9 Å². The van der Waals surface area contributed by atoms with E-state index in [1.807, 2.05) is 0 Å². The van der Waals surface area contributed by atoms with Gasteiger partial charge in [0.05, 0.1) is 11.2 Å². The van der Waals surface area contributed by atoms with Gasteiger partial charge in [0.15, 0.2) is 0 Å². The minimum Gasteiger partial charge on any atom is -0.384 e. The van der Waals surface area contributed by atoms with Gasteiger partial charge in [0, 0.05) is 5.75 Å². The summed E-state index contributed by atoms with van der Waals surface area (Å²) in [5.74, 6) is 1.25. The van der Waals surface area contributed by atoms with Gasteiger partial charge in [0.2, 0.25) is 0 Å². The zero-order valence-corrected chi connectivity index (χ0v) is 9.24. The first-order valence-corrected chi connectivity index (χ1v) is 6.05. The fraction of sp³-hybridized carbons (Fsp3) is 0.455. The molecule has 5 heteroatoms. The van der Waals surface area contributed by atoms with Gasteiger partial charge in [-0.25, -0.2) is 0 Å². The molecular formula is C11H11F3OS. The molecule has 1 nitrogen and oxygen atoms in total. The van der Waals surface area contributed by atoms with Crippen molar-refractivity contribution in [2.45, 2.75) is 18.2 Å². The zero-order chi connectivity index (χ0) is 11.8. The van der Waals surface area contributed by atoms with Crippen molar-refractivity contribution in [3.63, 3.8) is 0 Å². The minimum absolute atomic E-state index is 0.368. The molecule has 16 heavy (non-hydrogen) atoms. The van der Waals surface area contributed by atoms with Crippen LogP contribution >= 0.6 is 11.8 Å². The Hall–Kier alpha value is -0.680. The summed E-state index contributed by atoms with van der Waals surface area (Å²) in [5.41, 5.74) is -1.42. The van der Waals surface area contributed by atoms with Crippen LogP contribution in [0.25, 0.3) is 0 Å². The van der Waals surface area contributed by atoms with Crippen LogP contribution in [0.4, 0.5) is 13.2 Å². The van der Waals surface area contributed by atoms with E-state index in [2.05, 4.69) is 0 Å². The van der Waals surface area contributed by atoms with Crippen molar-refractivity contribution < 1.29 is 18.3 Å². The first-order valence-electron chi connectivity index (χ1n) is 4.90. The molecule has 1 fully saturated rings. The SMILES string of the molecule is OC1(c2cccc(C(F)(F)F)c2)CCSC1. The first kappa shape index (κ1) is 11.8. The molecule has 0 amide bonds. The lowest BCUT2D eigenvalue weighted by molar-refractivity contribution is -0.137. The van der Waals surface area contributed by atoms with E-state index in [0.29, 0.717) is 17.7 Å². The van der Waals surface area contributed by atoms with Crippen LogP contribution in [-0.4, -0.2) is 16.6 Å². The van der Waals surface area contributed by atoms with Crippen LogP contribution < -0.4 is 0 Å². The highest BCUT2D eigenvalue weighted by Gasteiger charge is 2.36. The lowest BCUT2D eigenvalue weighted by atomic mass is 9.92. The number of benzene rings is 1. The normalized spacial score (nSPS) is 26.0. The smallest absolute Gasteiger partial charge is 0.384 e. The predicted molar refractivity (Wildman–Crippen MR) is 57.3 cm³/mol. The third-order valence-electron chi connectivity index (χ3n) is 2.73. The predicted octanol–water partition coefficient (Wildman–Crippen LogP) is 3.03. The van der Waals surface area contributed by atoms with E-state index >= 15 is 0 Å². The lowest BCUT2D eigenvalue weighted by Crippen LogP contribution is -2.25. The van der Waals surface area contributed by atoms with Crippen molar-refractivity contribution in [3.8, 4) is 0 Å². The first-order chi connectivity index (χ1) is 7.42. The Bertz CT molecular complexity index is 383. The summed E-state index contributed by atoms with van der Waals surface area (Å²) in [4.78, 5) is 0. The quantitative estimate of drug-likeness (QED) is 0.824. The molecule has 0 bridgehead atoms. The molecule has 0 saturated carbocycles. The molecular weight excluding hydrogens is 237 g/mol. The van der Waals surface area contributed by atoms with Crippen molar-refractivity contribution in [3.05, 3.63) is 35.4 Å². The van der Waals surface area contributed by atoms with E-state index in [4.69, 9.17) is 0 Å². The Kier molecular flexibility index (Phi) is 2.92. The zero-order valence-electron chi connectivity index (χ0n) is 8.42. The van der Waals surface area contributed by atoms with Crippen molar-refractivity contribution in [1.82, 2.24) is 0 Å². The number of aliphatic hydroxyl groups is 1. The second kappa shape index (κ2) is 3.96. The van der Waals surface area contributed by atoms with Gasteiger partial charge in [0.1, 0.15) is 0 Å². The monoisotopic (exact) mass is 248 g/mol. The molecule has 0 aromatic heterocycles. The molecule has 0 radical (unpaired) electrons. The number of alkyl halides is 3. The molecule has 88 valence electrons. The van der Waals surface area contributed by atoms with E-state index in [1.54, 1.807) is 17.8 Å². The van der Waals surface area contributed by atoms with Crippen LogP contribution in [0.2, 0.25) is 0 Å². The average molecular weight is 248 g/mol. The molecule has 1 heterocycles. The molecule has 1 N–H and O–H groups in total. The van der Waals surface area contributed by atoms with Crippen molar-refractivity contribution in [2.75, 3.05) is 11.5 Å². The van der Waals surface area contributed by atoms with Gasteiger partial charge < -0.3 is 5.11 Å². The highest BCUT2D eigenvalue weighted by molar-refractivity contribution is 7.99. The van der Waals surface area contributed by atoms with E-state index in [1.165, 1.54) is 6.07 Å². The summed E-state index contributed by atoms with van der Waals surface area (Å²) in [5, 5.41) is 10.2. The van der Waals surface area contributed by atoms with Gasteiger partial charge in [-0.05, 0) is 29.9 Å². The van der Waals surface area contributed by atoms with Gasteiger partial charge in [-0.15, -0.1) is 0 Å². The third-order valence-corrected chi connectivity index (χ3v) is 3.90. The number of rotatable bonds is 1. The largest absolute Gasteiger partial charge is 0.416 e. The number of hydrogen-bond donors (Lipinski definition) is 1. The van der Waals surface area contributed by atoms with Gasteiger partial charge in [-0.3, -0.25) is 0 Å².